The zero-order valence-corrected chi connectivity index (χ0v) is 14.3. The normalized spacial score (nSPS) is 11.8. The van der Waals surface area contributed by atoms with E-state index < -0.39 is 11.6 Å². The average Bonchev–Trinajstić information content (AvgIpc) is 2.64. The van der Waals surface area contributed by atoms with E-state index in [1.54, 1.807) is 0 Å². The fourth-order valence-corrected chi connectivity index (χ4v) is 3.27. The van der Waals surface area contributed by atoms with Crippen LogP contribution in [0.1, 0.15) is 22.3 Å². The van der Waals surface area contributed by atoms with E-state index >= 15 is 0 Å². The molecule has 0 radical (unpaired) electrons. The molecule has 0 fully saturated rings. The lowest BCUT2D eigenvalue weighted by molar-refractivity contribution is -0.166. The first-order valence-corrected chi connectivity index (χ1v) is 8.15. The topological polar surface area (TPSA) is 52.0 Å². The maximum absolute atomic E-state index is 14.7. The first kappa shape index (κ1) is 18.4. The number of terminal acetylenes is 1. The largest absolute Gasteiger partial charge is 0.406 e. The Morgan fingerprint density at radius 1 is 0.630 bits per heavy atom. The van der Waals surface area contributed by atoms with Gasteiger partial charge in [0.1, 0.15) is 5.41 Å². The van der Waals surface area contributed by atoms with Crippen molar-refractivity contribution in [1.82, 2.24) is 0 Å². The van der Waals surface area contributed by atoms with Crippen molar-refractivity contribution in [2.24, 2.45) is 0 Å². The van der Waals surface area contributed by atoms with Crippen molar-refractivity contribution in [3.05, 3.63) is 95.1 Å². The minimum Gasteiger partial charge on any atom is -0.399 e. The van der Waals surface area contributed by atoms with Crippen LogP contribution < -0.4 is 11.5 Å². The SMILES string of the molecule is C#Cc1ccc(C(c2ccc(N)cc2)(c2ccc(N)cc2)C(F)(F)F)cc1. The fraction of sp³-hybridized carbons (Fsp3) is 0.0909. The lowest BCUT2D eigenvalue weighted by atomic mass is 9.68. The molecule has 0 heterocycles. The van der Waals surface area contributed by atoms with Crippen molar-refractivity contribution >= 4 is 11.4 Å². The second-order valence-corrected chi connectivity index (χ2v) is 6.21. The van der Waals surface area contributed by atoms with Crippen LogP contribution in [0, 0.1) is 12.3 Å². The summed E-state index contributed by atoms with van der Waals surface area (Å²) in [5.74, 6) is 2.42. The molecule has 136 valence electrons. The van der Waals surface area contributed by atoms with E-state index in [1.165, 1.54) is 72.8 Å². The van der Waals surface area contributed by atoms with Crippen LogP contribution in [0.4, 0.5) is 24.5 Å². The molecule has 3 aromatic carbocycles. The molecule has 0 unspecified atom stereocenters. The smallest absolute Gasteiger partial charge is 0.399 e. The van der Waals surface area contributed by atoms with E-state index in [4.69, 9.17) is 17.9 Å². The standard InChI is InChI=1S/C22H17F3N2/c1-2-15-3-5-16(6-4-15)21(22(23,24)25,17-7-11-19(26)12-8-17)18-9-13-20(27)14-10-18/h1,3-14H,26-27H2. The van der Waals surface area contributed by atoms with Crippen molar-refractivity contribution in [3.8, 4) is 12.3 Å². The Labute approximate surface area is 155 Å². The minimum absolute atomic E-state index is 0.0578. The fourth-order valence-electron chi connectivity index (χ4n) is 3.27. The summed E-state index contributed by atoms with van der Waals surface area (Å²) in [5.41, 5.74) is 10.4. The van der Waals surface area contributed by atoms with Crippen LogP contribution in [0.2, 0.25) is 0 Å². The van der Waals surface area contributed by atoms with Gasteiger partial charge in [-0.15, -0.1) is 6.42 Å². The predicted molar refractivity (Wildman–Crippen MR) is 102 cm³/mol. The average molecular weight is 366 g/mol. The van der Waals surface area contributed by atoms with Gasteiger partial charge in [-0.05, 0) is 53.1 Å². The first-order chi connectivity index (χ1) is 12.8. The van der Waals surface area contributed by atoms with Crippen LogP contribution in [0.5, 0.6) is 0 Å². The molecular formula is C22H17F3N2. The number of benzene rings is 3. The molecule has 0 aliphatic heterocycles. The van der Waals surface area contributed by atoms with Crippen LogP contribution in [-0.2, 0) is 5.41 Å². The first-order valence-electron chi connectivity index (χ1n) is 8.15. The van der Waals surface area contributed by atoms with Gasteiger partial charge in [-0.25, -0.2) is 0 Å². The Bertz CT molecular complexity index is 919. The van der Waals surface area contributed by atoms with Crippen LogP contribution in [0.25, 0.3) is 0 Å². The van der Waals surface area contributed by atoms with Crippen molar-refractivity contribution in [1.29, 1.82) is 0 Å². The van der Waals surface area contributed by atoms with Gasteiger partial charge in [0, 0.05) is 16.9 Å². The number of halogens is 3. The van der Waals surface area contributed by atoms with E-state index in [-0.39, 0.29) is 16.7 Å². The van der Waals surface area contributed by atoms with Crippen molar-refractivity contribution in [2.45, 2.75) is 11.6 Å². The monoisotopic (exact) mass is 366 g/mol. The highest BCUT2D eigenvalue weighted by Crippen LogP contribution is 2.51. The molecule has 5 heteroatoms. The van der Waals surface area contributed by atoms with E-state index in [0.717, 1.165) is 0 Å². The van der Waals surface area contributed by atoms with Crippen molar-refractivity contribution in [2.75, 3.05) is 11.5 Å². The van der Waals surface area contributed by atoms with Gasteiger partial charge in [0.25, 0.3) is 0 Å². The minimum atomic E-state index is -4.63. The molecule has 3 aromatic rings. The summed E-state index contributed by atoms with van der Waals surface area (Å²) < 4.78 is 44.1. The molecule has 0 aliphatic carbocycles. The third kappa shape index (κ3) is 3.11. The third-order valence-electron chi connectivity index (χ3n) is 4.60. The van der Waals surface area contributed by atoms with E-state index in [1.807, 2.05) is 0 Å². The van der Waals surface area contributed by atoms with Gasteiger partial charge in [-0.2, -0.15) is 13.2 Å². The Hall–Kier alpha value is -3.39. The highest BCUT2D eigenvalue weighted by molar-refractivity contribution is 5.57. The third-order valence-corrected chi connectivity index (χ3v) is 4.60. The highest BCUT2D eigenvalue weighted by atomic mass is 19.4. The summed E-state index contributed by atoms with van der Waals surface area (Å²) >= 11 is 0. The molecule has 3 rings (SSSR count). The zero-order chi connectivity index (χ0) is 19.7. The van der Waals surface area contributed by atoms with Crippen molar-refractivity contribution < 1.29 is 13.2 Å². The second-order valence-electron chi connectivity index (χ2n) is 6.21. The van der Waals surface area contributed by atoms with Gasteiger partial charge in [0.15, 0.2) is 0 Å². The molecule has 0 bridgehead atoms. The predicted octanol–water partition coefficient (Wildman–Crippen LogP) is 4.73. The van der Waals surface area contributed by atoms with E-state index in [2.05, 4.69) is 5.92 Å². The van der Waals surface area contributed by atoms with E-state index in [9.17, 15) is 13.2 Å². The molecule has 2 nitrogen and oxygen atoms in total. The Morgan fingerprint density at radius 2 is 0.963 bits per heavy atom. The highest BCUT2D eigenvalue weighted by Gasteiger charge is 2.58. The molecule has 0 aromatic heterocycles. The van der Waals surface area contributed by atoms with Crippen LogP contribution >= 0.6 is 0 Å². The van der Waals surface area contributed by atoms with Crippen LogP contribution in [-0.4, -0.2) is 6.18 Å². The number of hydrogen-bond donors (Lipinski definition) is 2. The maximum Gasteiger partial charge on any atom is 0.406 e. The molecule has 0 amide bonds. The van der Waals surface area contributed by atoms with Gasteiger partial charge in [-0.3, -0.25) is 0 Å². The number of nitrogen functional groups attached to an aromatic ring is 2. The van der Waals surface area contributed by atoms with Crippen LogP contribution in [0.3, 0.4) is 0 Å². The quantitative estimate of drug-likeness (QED) is 0.400. The van der Waals surface area contributed by atoms with E-state index in [0.29, 0.717) is 16.9 Å². The summed E-state index contributed by atoms with van der Waals surface area (Å²) in [5, 5.41) is 0. The van der Waals surface area contributed by atoms with Gasteiger partial charge in [-0.1, -0.05) is 42.3 Å². The summed E-state index contributed by atoms with van der Waals surface area (Å²) in [7, 11) is 0. The molecule has 0 aliphatic rings. The summed E-state index contributed by atoms with van der Waals surface area (Å²) in [6.07, 6.45) is 0.722. The van der Waals surface area contributed by atoms with Crippen LogP contribution in [0.15, 0.2) is 72.8 Å². The molecular weight excluding hydrogens is 349 g/mol. The summed E-state index contributed by atoms with van der Waals surface area (Å²) in [6.45, 7) is 0. The zero-order valence-electron chi connectivity index (χ0n) is 14.3. The lowest BCUT2D eigenvalue weighted by Crippen LogP contribution is -2.44. The molecule has 0 spiro atoms. The lowest BCUT2D eigenvalue weighted by Gasteiger charge is -2.37. The van der Waals surface area contributed by atoms with Gasteiger partial charge < -0.3 is 11.5 Å². The molecule has 0 saturated carbocycles. The number of alkyl halides is 3. The number of anilines is 2. The molecule has 27 heavy (non-hydrogen) atoms. The number of rotatable bonds is 3. The Balaban J connectivity index is 2.39. The molecule has 0 atom stereocenters. The molecule has 4 N–H and O–H groups in total. The summed E-state index contributed by atoms with van der Waals surface area (Å²) in [4.78, 5) is 0. The summed E-state index contributed by atoms with van der Waals surface area (Å²) in [6, 6.07) is 17.3. The van der Waals surface area contributed by atoms with Gasteiger partial charge >= 0.3 is 6.18 Å². The van der Waals surface area contributed by atoms with Gasteiger partial charge in [0.2, 0.25) is 0 Å². The number of nitrogens with two attached hydrogens (primary N) is 2. The second kappa shape index (κ2) is 6.73. The maximum atomic E-state index is 14.7. The number of hydrogen-bond acceptors (Lipinski definition) is 2. The molecule has 0 saturated heterocycles. The Morgan fingerprint density at radius 3 is 1.26 bits per heavy atom. The van der Waals surface area contributed by atoms with Gasteiger partial charge in [0.05, 0.1) is 0 Å². The van der Waals surface area contributed by atoms with Crippen molar-refractivity contribution in [3.63, 3.8) is 0 Å². The Kier molecular flexibility index (Phi) is 4.59.